The van der Waals surface area contributed by atoms with E-state index in [9.17, 15) is 15.3 Å². The van der Waals surface area contributed by atoms with Gasteiger partial charge in [-0.2, -0.15) is 5.10 Å². The third kappa shape index (κ3) is 76.4. The largest absolute Gasteiger partial charge is 0.458 e. The topological polar surface area (TPSA) is 241 Å². The Morgan fingerprint density at radius 1 is 0.527 bits per heavy atom. The van der Waals surface area contributed by atoms with Gasteiger partial charge in [-0.1, -0.05) is 150 Å². The minimum atomic E-state index is -0.263. The fourth-order valence-corrected chi connectivity index (χ4v) is 13.0. The summed E-state index contributed by atoms with van der Waals surface area (Å²) < 4.78 is 50.2. The van der Waals surface area contributed by atoms with Crippen LogP contribution in [-0.4, -0.2) is 311 Å². The predicted octanol–water partition coefficient (Wildman–Crippen LogP) is 21.5. The zero-order valence-corrected chi connectivity index (χ0v) is 95.7. The molecule has 5 saturated heterocycles. The van der Waals surface area contributed by atoms with Crippen LogP contribution in [0.4, 0.5) is 0 Å². The number of piperazine rings is 1. The maximum atomic E-state index is 9.49. The minimum Gasteiger partial charge on any atom is -0.458 e. The Morgan fingerprint density at radius 2 is 0.969 bits per heavy atom. The van der Waals surface area contributed by atoms with Gasteiger partial charge in [-0.05, 0) is 264 Å². The molecule has 4 N–H and O–H groups in total. The Hall–Kier alpha value is -3.12. The molecular weight excluding hydrogens is 1650 g/mol. The number of aliphatic hydroxyl groups is 4. The van der Waals surface area contributed by atoms with Gasteiger partial charge < -0.3 is 68.0 Å². The second-order valence-electron chi connectivity index (χ2n) is 50.1. The van der Waals surface area contributed by atoms with Crippen molar-refractivity contribution in [3.05, 3.63) is 36.4 Å². The van der Waals surface area contributed by atoms with Crippen molar-refractivity contribution in [2.45, 2.75) is 430 Å². The molecule has 2 aromatic rings. The van der Waals surface area contributed by atoms with Gasteiger partial charge in [-0.15, -0.1) is 5.10 Å². The Labute approximate surface area is 810 Å². The highest BCUT2D eigenvalue weighted by molar-refractivity contribution is 6.00. The first-order chi connectivity index (χ1) is 59.2. The monoisotopic (exact) mass is 1870 g/mol. The molecule has 6 aliphatic rings. The number of aromatic nitrogens is 5. The molecule has 784 valence electrons. The molecule has 0 bridgehead atoms. The highest BCUT2D eigenvalue weighted by atomic mass is 16.5. The smallest absolute Gasteiger partial charge is 0.316 e. The SMILES string of the molecule is CC(C)(C)C1=NCC=C1.CC(C)(C)N1CC(O)CC1CO.CC1CN(C(C)(C)C)C1.CC1CN(C(C)(C)C)CC1O.CCC(O)C(C)(C)C.CCC1(COC(C)(C)C)COC1.CCCN1CCN(C(C)(C)C)CC1.COCCCC(C)(C)C.COCCCC(C)(C)C.COCCOC(C)(C)C.COCCOC(C)(C)C.Cn1ccc(C(C)(C)C)n1.Cn1cnnc1OC(C)(C)C. The lowest BCUT2D eigenvalue weighted by molar-refractivity contribution is -0.171. The van der Waals surface area contributed by atoms with Gasteiger partial charge in [0.05, 0.1) is 100 Å². The van der Waals surface area contributed by atoms with Crippen LogP contribution >= 0.6 is 0 Å². The van der Waals surface area contributed by atoms with E-state index in [-0.39, 0.29) is 80.7 Å². The maximum absolute atomic E-state index is 9.49. The molecule has 0 aromatic carbocycles. The number of likely N-dealkylation sites (tertiary alicyclic amines) is 3. The van der Waals surface area contributed by atoms with Gasteiger partial charge in [0.25, 0.3) is 0 Å². The van der Waals surface area contributed by atoms with E-state index in [0.717, 1.165) is 77.1 Å². The maximum Gasteiger partial charge on any atom is 0.316 e. The van der Waals surface area contributed by atoms with Crippen molar-refractivity contribution in [1.29, 1.82) is 0 Å². The van der Waals surface area contributed by atoms with Gasteiger partial charge >= 0.3 is 6.01 Å². The van der Waals surface area contributed by atoms with Crippen LogP contribution in [0.2, 0.25) is 0 Å². The van der Waals surface area contributed by atoms with Crippen LogP contribution in [0.5, 0.6) is 6.01 Å². The molecule has 24 nitrogen and oxygen atoms in total. The summed E-state index contributed by atoms with van der Waals surface area (Å²) >= 11 is 0. The van der Waals surface area contributed by atoms with Crippen molar-refractivity contribution >= 4 is 5.71 Å². The summed E-state index contributed by atoms with van der Waals surface area (Å²) in [5, 5.41) is 48.9. The van der Waals surface area contributed by atoms with Crippen LogP contribution in [0.25, 0.3) is 0 Å². The van der Waals surface area contributed by atoms with Crippen molar-refractivity contribution < 1.29 is 63.1 Å². The summed E-state index contributed by atoms with van der Waals surface area (Å²) in [4.78, 5) is 16.5. The van der Waals surface area contributed by atoms with Gasteiger partial charge in [0, 0.05) is 171 Å². The van der Waals surface area contributed by atoms with Crippen molar-refractivity contribution in [3.8, 4) is 6.01 Å². The average molecular weight is 1870 g/mol. The second kappa shape index (κ2) is 65.0. The lowest BCUT2D eigenvalue weighted by atomic mass is 9.84. The summed E-state index contributed by atoms with van der Waals surface area (Å²) in [6.45, 7) is 114. The molecule has 0 aliphatic carbocycles. The summed E-state index contributed by atoms with van der Waals surface area (Å²) in [5.74, 6) is 1.37. The predicted molar refractivity (Wildman–Crippen MR) is 558 cm³/mol. The van der Waals surface area contributed by atoms with Crippen LogP contribution < -0.4 is 4.74 Å². The molecule has 0 amide bonds. The molecule has 0 spiro atoms. The second-order valence-corrected chi connectivity index (χ2v) is 50.1. The number of aliphatic imine (C=N–C) groups is 1. The number of hydrogen-bond donors (Lipinski definition) is 4. The fraction of sp³-hybridized carbons (Fsp3) is 0.925. The zero-order chi connectivity index (χ0) is 103. The van der Waals surface area contributed by atoms with E-state index in [0.29, 0.717) is 78.6 Å². The third-order valence-corrected chi connectivity index (χ3v) is 21.8. The quantitative estimate of drug-likeness (QED) is 0.0901. The van der Waals surface area contributed by atoms with E-state index in [1.54, 1.807) is 39.3 Å². The van der Waals surface area contributed by atoms with Crippen LogP contribution in [0.15, 0.2) is 35.7 Å². The Kier molecular flexibility index (Phi) is 67.6. The van der Waals surface area contributed by atoms with E-state index in [1.165, 1.54) is 83.6 Å². The number of hydrogen-bond acceptors (Lipinski definition) is 22. The van der Waals surface area contributed by atoms with Crippen molar-refractivity contribution in [2.24, 2.45) is 58.0 Å². The molecule has 5 unspecified atom stereocenters. The van der Waals surface area contributed by atoms with Crippen molar-refractivity contribution in [2.75, 3.05) is 167 Å². The van der Waals surface area contributed by atoms with Crippen molar-refractivity contribution in [3.63, 3.8) is 0 Å². The number of aryl methyl sites for hydroxylation is 2. The van der Waals surface area contributed by atoms with E-state index in [2.05, 4.69) is 278 Å². The molecule has 2 aromatic heterocycles. The number of β-amino-alcohol motifs (C(OH)–C–C–N with tert-alkyl or cyclic N) is 2. The molecule has 0 saturated carbocycles. The lowest BCUT2D eigenvalue weighted by Crippen LogP contribution is -2.54. The zero-order valence-electron chi connectivity index (χ0n) is 95.7. The molecule has 8 rings (SSSR count). The van der Waals surface area contributed by atoms with Crippen LogP contribution in [0.1, 0.15) is 362 Å². The first-order valence-electron chi connectivity index (χ1n) is 49.8. The minimum absolute atomic E-state index is 0.0161. The van der Waals surface area contributed by atoms with Gasteiger partial charge in [0.15, 0.2) is 0 Å². The fourth-order valence-electron chi connectivity index (χ4n) is 13.0. The molecule has 24 heteroatoms. The van der Waals surface area contributed by atoms with Crippen LogP contribution in [0.3, 0.4) is 0 Å². The molecule has 131 heavy (non-hydrogen) atoms. The van der Waals surface area contributed by atoms with E-state index < -0.39 is 0 Å². The first-order valence-corrected chi connectivity index (χ1v) is 49.8. The van der Waals surface area contributed by atoms with Gasteiger partial charge in [-0.25, -0.2) is 0 Å². The summed E-state index contributed by atoms with van der Waals surface area (Å²) in [6.07, 6.45) is 16.1. The number of aliphatic hydroxyl groups excluding tert-OH is 4. The molecule has 6 aliphatic heterocycles. The van der Waals surface area contributed by atoms with Crippen LogP contribution in [0, 0.1) is 38.9 Å². The first kappa shape index (κ1) is 136. The molecule has 0 radical (unpaired) electrons. The Morgan fingerprint density at radius 3 is 1.19 bits per heavy atom. The average Bonchev–Trinajstić information content (AvgIpc) is 1.71. The molecular formula is C107H223N11O13. The van der Waals surface area contributed by atoms with Gasteiger partial charge in [0.2, 0.25) is 0 Å². The Balaban J connectivity index is -0.000000439. The molecule has 5 fully saturated rings. The lowest BCUT2D eigenvalue weighted by Gasteiger charge is -2.46. The summed E-state index contributed by atoms with van der Waals surface area (Å²) in [7, 11) is 10.6. The Bertz CT molecular complexity index is 3010. The number of allylic oxidation sites excluding steroid dienone is 1. The van der Waals surface area contributed by atoms with Crippen molar-refractivity contribution in [1.82, 2.24) is 49.0 Å². The highest BCUT2D eigenvalue weighted by Crippen LogP contribution is 2.34. The molecule has 8 heterocycles. The van der Waals surface area contributed by atoms with Gasteiger partial charge in [0.1, 0.15) is 11.9 Å². The summed E-state index contributed by atoms with van der Waals surface area (Å²) in [5.41, 5.74) is 4.88. The number of rotatable bonds is 20. The van der Waals surface area contributed by atoms with E-state index >= 15 is 0 Å². The highest BCUT2D eigenvalue weighted by Gasteiger charge is 2.40. The number of nitrogens with zero attached hydrogens (tertiary/aromatic N) is 11. The van der Waals surface area contributed by atoms with E-state index in [4.69, 9.17) is 47.7 Å². The molecule has 5 atom stereocenters. The van der Waals surface area contributed by atoms with Gasteiger partial charge in [-0.3, -0.25) is 33.8 Å². The van der Waals surface area contributed by atoms with Crippen LogP contribution in [-0.2, 0) is 57.4 Å². The van der Waals surface area contributed by atoms with E-state index in [1.807, 2.05) is 115 Å². The number of ether oxygens (including phenoxy) is 9. The summed E-state index contributed by atoms with van der Waals surface area (Å²) in [6, 6.07) is 2.75. The normalized spacial score (nSPS) is 19.2. The third-order valence-electron chi connectivity index (χ3n) is 21.8. The standard InChI is InChI=1S/C11H24N2.C10H20O2.C9H19NO2.C9H19NO.C8H14N2.C8H17N.C8H13N.2C8H18O.C7H13N3O.2C7H16O2.C7H16O/c1-5-6-12-7-9-13(10-8-12)11(2,3)4;1-5-10(6-11-7-10)8-12-9(2,3)4;1-9(2,3)10-5-8(12)4-7(10)6-11;1-7-5-10(6-8(7)11)9(2,3)4;1-8(2,3)7-5-6-10(4)9-7;1-7-5-9(6-7)8(2,3)4;1-8(2,3)7-5-4-6-9-7;2*1-8(2,3)6-5-7-9-4;1-7(2,3)11-6-9-8-5-10(6)4;2*1-7(2,3)9-6-5-8-4;1-5-6(8)7(2,3)4/h5-10H2,1-4H3;5-8H2,1-4H3;7-8,11-12H,4-6H2,1-3H3;7-8,11H,5-6H2,1-4H3;5-6H,1-4H3;7H,5-6H2,1-4H3;4-5H,6H2,1-3H3;2*5-7H2,1-4H3;5H,1-4H3;2*5-6H2,1-4H3;6,8H,5H2,1-4H3. The number of methoxy groups -OCH3 is 4.